The number of nitrogens with one attached hydrogen (secondary N) is 1. The van der Waals surface area contributed by atoms with Crippen LogP contribution in [-0.4, -0.2) is 31.6 Å². The molecule has 5 heteroatoms. The fourth-order valence-electron chi connectivity index (χ4n) is 2.98. The predicted molar refractivity (Wildman–Crippen MR) is 87.4 cm³/mol. The topological polar surface area (TPSA) is 64.6 Å². The first-order valence-corrected chi connectivity index (χ1v) is 8.11. The third-order valence-electron chi connectivity index (χ3n) is 4.71. The first-order valence-electron chi connectivity index (χ1n) is 8.11. The molecular weight excluding hydrogens is 294 g/mol. The standard InChI is InChI=1S/C18H25NO4/c1-12-5-4-6-16(13(12)2)19-17(20)11-23-18(21)14-7-9-15(22-3)10-8-14/h7-10,12-13,16H,4-6,11H2,1-3H3,(H,19,20)/t12-,13-,16+/m0/s1. The van der Waals surface area contributed by atoms with Crippen molar-refractivity contribution in [1.82, 2.24) is 5.32 Å². The molecule has 1 saturated carbocycles. The summed E-state index contributed by atoms with van der Waals surface area (Å²) in [6.45, 7) is 4.13. The number of carbonyl (C=O) groups is 2. The van der Waals surface area contributed by atoms with E-state index in [1.807, 2.05) is 0 Å². The smallest absolute Gasteiger partial charge is 0.338 e. The Bertz CT molecular complexity index is 540. The van der Waals surface area contributed by atoms with Crippen molar-refractivity contribution in [3.8, 4) is 5.75 Å². The van der Waals surface area contributed by atoms with E-state index < -0.39 is 5.97 Å². The lowest BCUT2D eigenvalue weighted by Crippen LogP contribution is -2.45. The Morgan fingerprint density at radius 1 is 1.17 bits per heavy atom. The lowest BCUT2D eigenvalue weighted by Gasteiger charge is -2.34. The Labute approximate surface area is 137 Å². The molecule has 0 radical (unpaired) electrons. The van der Waals surface area contributed by atoms with Gasteiger partial charge in [0.1, 0.15) is 5.75 Å². The molecule has 0 unspecified atom stereocenters. The van der Waals surface area contributed by atoms with Crippen LogP contribution in [0.4, 0.5) is 0 Å². The van der Waals surface area contributed by atoms with Crippen LogP contribution in [0.3, 0.4) is 0 Å². The number of ether oxygens (including phenoxy) is 2. The van der Waals surface area contributed by atoms with Gasteiger partial charge in [-0.3, -0.25) is 4.79 Å². The SMILES string of the molecule is COc1ccc(C(=O)OCC(=O)N[C@@H]2CCC[C@H](C)[C@@H]2C)cc1. The fraction of sp³-hybridized carbons (Fsp3) is 0.556. The van der Waals surface area contributed by atoms with Gasteiger partial charge >= 0.3 is 5.97 Å². The number of hydrogen-bond acceptors (Lipinski definition) is 4. The molecule has 5 nitrogen and oxygen atoms in total. The molecule has 2 rings (SSSR count). The van der Waals surface area contributed by atoms with Crippen LogP contribution >= 0.6 is 0 Å². The number of benzene rings is 1. The Morgan fingerprint density at radius 2 is 1.87 bits per heavy atom. The van der Waals surface area contributed by atoms with Crippen LogP contribution in [0.15, 0.2) is 24.3 Å². The highest BCUT2D eigenvalue weighted by Gasteiger charge is 2.28. The Morgan fingerprint density at radius 3 is 2.52 bits per heavy atom. The molecule has 0 bridgehead atoms. The van der Waals surface area contributed by atoms with E-state index in [2.05, 4.69) is 19.2 Å². The van der Waals surface area contributed by atoms with E-state index in [0.717, 1.165) is 12.8 Å². The van der Waals surface area contributed by atoms with E-state index in [1.54, 1.807) is 31.4 Å². The van der Waals surface area contributed by atoms with Crippen molar-refractivity contribution in [3.63, 3.8) is 0 Å². The number of esters is 1. The minimum Gasteiger partial charge on any atom is -0.497 e. The van der Waals surface area contributed by atoms with E-state index in [1.165, 1.54) is 6.42 Å². The van der Waals surface area contributed by atoms with Gasteiger partial charge in [0.25, 0.3) is 5.91 Å². The summed E-state index contributed by atoms with van der Waals surface area (Å²) in [5, 5.41) is 2.99. The second kappa shape index (κ2) is 7.99. The molecule has 1 fully saturated rings. The molecule has 1 N–H and O–H groups in total. The predicted octanol–water partition coefficient (Wildman–Crippen LogP) is 2.79. The lowest BCUT2D eigenvalue weighted by molar-refractivity contribution is -0.125. The third kappa shape index (κ3) is 4.71. The van der Waals surface area contributed by atoms with Gasteiger partial charge in [-0.25, -0.2) is 4.79 Å². The minimum atomic E-state index is -0.507. The average molecular weight is 319 g/mol. The minimum absolute atomic E-state index is 0.172. The molecule has 0 heterocycles. The monoisotopic (exact) mass is 319 g/mol. The van der Waals surface area contributed by atoms with E-state index in [4.69, 9.17) is 9.47 Å². The van der Waals surface area contributed by atoms with Gasteiger partial charge in [-0.1, -0.05) is 26.7 Å². The first-order chi connectivity index (χ1) is 11.0. The Kier molecular flexibility index (Phi) is 6.02. The fourth-order valence-corrected chi connectivity index (χ4v) is 2.98. The van der Waals surface area contributed by atoms with E-state index >= 15 is 0 Å². The summed E-state index contributed by atoms with van der Waals surface area (Å²) in [5.74, 6) is 0.978. The molecule has 1 aliphatic carbocycles. The van der Waals surface area contributed by atoms with Crippen LogP contribution in [-0.2, 0) is 9.53 Å². The second-order valence-electron chi connectivity index (χ2n) is 6.25. The van der Waals surface area contributed by atoms with Gasteiger partial charge in [-0.2, -0.15) is 0 Å². The molecule has 0 saturated heterocycles. The van der Waals surface area contributed by atoms with Crippen LogP contribution in [0, 0.1) is 11.8 Å². The summed E-state index contributed by atoms with van der Waals surface area (Å²) in [5.41, 5.74) is 0.401. The molecule has 1 aromatic rings. The van der Waals surface area contributed by atoms with Crippen LogP contribution < -0.4 is 10.1 Å². The normalized spacial score (nSPS) is 23.9. The van der Waals surface area contributed by atoms with Crippen molar-refractivity contribution in [3.05, 3.63) is 29.8 Å². The summed E-state index contributed by atoms with van der Waals surface area (Å²) in [6, 6.07) is 6.77. The van der Waals surface area contributed by atoms with Gasteiger partial charge in [0, 0.05) is 6.04 Å². The maximum Gasteiger partial charge on any atom is 0.338 e. The van der Waals surface area contributed by atoms with Crippen LogP contribution in [0.5, 0.6) is 5.75 Å². The molecule has 0 aliphatic heterocycles. The van der Waals surface area contributed by atoms with Crippen molar-refractivity contribution in [2.24, 2.45) is 11.8 Å². The van der Waals surface area contributed by atoms with Crippen LogP contribution in [0.25, 0.3) is 0 Å². The highest BCUT2D eigenvalue weighted by atomic mass is 16.5. The molecule has 1 aliphatic rings. The Hall–Kier alpha value is -2.04. The number of carbonyl (C=O) groups excluding carboxylic acids is 2. The summed E-state index contributed by atoms with van der Waals surface area (Å²) >= 11 is 0. The van der Waals surface area contributed by atoms with Crippen LogP contribution in [0.1, 0.15) is 43.5 Å². The summed E-state index contributed by atoms with van der Waals surface area (Å²) in [6.07, 6.45) is 3.33. The summed E-state index contributed by atoms with van der Waals surface area (Å²) < 4.78 is 10.1. The molecule has 126 valence electrons. The first kappa shape index (κ1) is 17.3. The zero-order valence-corrected chi connectivity index (χ0v) is 14.0. The van der Waals surface area contributed by atoms with Crippen molar-refractivity contribution in [2.75, 3.05) is 13.7 Å². The Balaban J connectivity index is 1.80. The summed E-state index contributed by atoms with van der Waals surface area (Å²) in [7, 11) is 1.56. The number of hydrogen-bond donors (Lipinski definition) is 1. The largest absolute Gasteiger partial charge is 0.497 e. The lowest BCUT2D eigenvalue weighted by atomic mass is 9.78. The molecule has 1 aromatic carbocycles. The van der Waals surface area contributed by atoms with Crippen molar-refractivity contribution < 1.29 is 19.1 Å². The molecule has 1 amide bonds. The zero-order valence-electron chi connectivity index (χ0n) is 14.0. The number of rotatable bonds is 5. The maximum atomic E-state index is 12.0. The van der Waals surface area contributed by atoms with Crippen molar-refractivity contribution in [1.29, 1.82) is 0 Å². The van der Waals surface area contributed by atoms with Crippen LogP contribution in [0.2, 0.25) is 0 Å². The van der Waals surface area contributed by atoms with Gasteiger partial charge < -0.3 is 14.8 Å². The molecule has 3 atom stereocenters. The molecule has 0 spiro atoms. The molecule has 0 aromatic heterocycles. The van der Waals surface area contributed by atoms with E-state index in [9.17, 15) is 9.59 Å². The second-order valence-corrected chi connectivity index (χ2v) is 6.25. The zero-order chi connectivity index (χ0) is 16.8. The highest BCUT2D eigenvalue weighted by Crippen LogP contribution is 2.29. The third-order valence-corrected chi connectivity index (χ3v) is 4.71. The molecular formula is C18H25NO4. The van der Waals surface area contributed by atoms with Gasteiger partial charge in [0.2, 0.25) is 0 Å². The van der Waals surface area contributed by atoms with Gasteiger partial charge in [0.05, 0.1) is 12.7 Å². The van der Waals surface area contributed by atoms with Crippen molar-refractivity contribution in [2.45, 2.75) is 39.2 Å². The van der Waals surface area contributed by atoms with E-state index in [-0.39, 0.29) is 18.6 Å². The van der Waals surface area contributed by atoms with E-state index in [0.29, 0.717) is 23.1 Å². The van der Waals surface area contributed by atoms with Crippen molar-refractivity contribution >= 4 is 11.9 Å². The van der Waals surface area contributed by atoms with Gasteiger partial charge in [-0.15, -0.1) is 0 Å². The average Bonchev–Trinajstić information content (AvgIpc) is 2.57. The maximum absolute atomic E-state index is 12.0. The van der Waals surface area contributed by atoms with Gasteiger partial charge in [0.15, 0.2) is 6.61 Å². The quantitative estimate of drug-likeness (QED) is 0.848. The van der Waals surface area contributed by atoms with Gasteiger partial charge in [-0.05, 0) is 42.5 Å². The molecule has 23 heavy (non-hydrogen) atoms. The number of methoxy groups -OCH3 is 1. The number of amides is 1. The summed E-state index contributed by atoms with van der Waals surface area (Å²) in [4.78, 5) is 23.9. The highest BCUT2D eigenvalue weighted by molar-refractivity contribution is 5.91.